The molecule has 0 unspecified atom stereocenters. The van der Waals surface area contributed by atoms with E-state index in [9.17, 15) is 17.6 Å². The molecule has 1 N–H and O–H groups in total. The molecule has 0 fully saturated rings. The summed E-state index contributed by atoms with van der Waals surface area (Å²) in [5.41, 5.74) is 0.552. The third-order valence-electron chi connectivity index (χ3n) is 4.30. The van der Waals surface area contributed by atoms with Gasteiger partial charge in [-0.1, -0.05) is 50.6 Å². The Balaban J connectivity index is 1.97. The summed E-state index contributed by atoms with van der Waals surface area (Å²) in [6.07, 6.45) is 1.22. The molecule has 30 heavy (non-hydrogen) atoms. The smallest absolute Gasteiger partial charge is 0.261 e. The summed E-state index contributed by atoms with van der Waals surface area (Å²) in [7, 11) is -4.02. The SMILES string of the molecule is CC(C)(C)c1ccc(S(=O)(=O)Nc2cc(Cl)cnc2C(=O)c2c#cc(F)cc2)cc1. The van der Waals surface area contributed by atoms with Crippen LogP contribution in [0.25, 0.3) is 0 Å². The van der Waals surface area contributed by atoms with Crippen LogP contribution in [-0.2, 0) is 15.4 Å². The van der Waals surface area contributed by atoms with Crippen LogP contribution in [0.2, 0.25) is 5.02 Å². The number of rotatable bonds is 5. The van der Waals surface area contributed by atoms with Crippen LogP contribution < -0.4 is 4.72 Å². The molecule has 0 aliphatic heterocycles. The third kappa shape index (κ3) is 4.78. The summed E-state index contributed by atoms with van der Waals surface area (Å²) in [5.74, 6) is -1.32. The standard InChI is InChI=1S/C22H18ClFN2O3S/c1-22(2,3)15-6-10-18(11-7-15)30(28,29)26-19-12-16(23)13-25-20(19)21(27)14-4-8-17(24)9-5-14/h4,6-8,10-13,26H,1-3H3. The van der Waals surface area contributed by atoms with Gasteiger partial charge in [0.05, 0.1) is 21.2 Å². The van der Waals surface area contributed by atoms with Crippen molar-refractivity contribution in [1.82, 2.24) is 4.98 Å². The Kier molecular flexibility index (Phi) is 5.84. The highest BCUT2D eigenvalue weighted by atomic mass is 35.5. The van der Waals surface area contributed by atoms with Crippen molar-refractivity contribution in [2.45, 2.75) is 31.1 Å². The zero-order chi connectivity index (χ0) is 22.1. The fraction of sp³-hybridized carbons (Fsp3) is 0.182. The van der Waals surface area contributed by atoms with Gasteiger partial charge in [-0.05, 0) is 47.4 Å². The second-order valence-corrected chi connectivity index (χ2v) is 9.72. The topological polar surface area (TPSA) is 76.1 Å². The van der Waals surface area contributed by atoms with E-state index in [1.54, 1.807) is 12.1 Å². The average molecular weight is 445 g/mol. The van der Waals surface area contributed by atoms with Gasteiger partial charge in [-0.2, -0.15) is 4.39 Å². The van der Waals surface area contributed by atoms with Crippen LogP contribution in [-0.4, -0.2) is 19.2 Å². The van der Waals surface area contributed by atoms with Crippen molar-refractivity contribution in [2.75, 3.05) is 4.72 Å². The van der Waals surface area contributed by atoms with Crippen LogP contribution in [0.15, 0.2) is 53.6 Å². The summed E-state index contributed by atoms with van der Waals surface area (Å²) in [4.78, 5) is 16.7. The predicted octanol–water partition coefficient (Wildman–Crippen LogP) is 4.80. The molecule has 3 rings (SSSR count). The first kappa shape index (κ1) is 21.8. The highest BCUT2D eigenvalue weighted by Gasteiger charge is 2.22. The number of carbonyl (C=O) groups excluding carboxylic acids is 1. The van der Waals surface area contributed by atoms with Gasteiger partial charge in [0.2, 0.25) is 5.78 Å². The minimum atomic E-state index is -4.02. The van der Waals surface area contributed by atoms with Crippen LogP contribution in [0.1, 0.15) is 42.4 Å². The minimum Gasteiger partial charge on any atom is -0.286 e. The molecule has 8 heteroatoms. The lowest BCUT2D eigenvalue weighted by molar-refractivity contribution is 0.103. The number of ketones is 1. The molecule has 3 aromatic rings. The number of aromatic nitrogens is 1. The number of sulfonamides is 1. The monoisotopic (exact) mass is 444 g/mol. The Labute approximate surface area is 180 Å². The van der Waals surface area contributed by atoms with Crippen LogP contribution in [0.3, 0.4) is 0 Å². The molecule has 0 atom stereocenters. The van der Waals surface area contributed by atoms with Crippen molar-refractivity contribution in [1.29, 1.82) is 0 Å². The van der Waals surface area contributed by atoms with E-state index < -0.39 is 21.6 Å². The molecular formula is C22H18ClFN2O3S. The molecule has 1 aromatic heterocycles. The lowest BCUT2D eigenvalue weighted by atomic mass is 9.87. The Bertz CT molecular complexity index is 1190. The maximum absolute atomic E-state index is 13.1. The lowest BCUT2D eigenvalue weighted by Gasteiger charge is -2.19. The fourth-order valence-corrected chi connectivity index (χ4v) is 3.88. The van der Waals surface area contributed by atoms with Gasteiger partial charge in [-0.3, -0.25) is 9.52 Å². The second-order valence-electron chi connectivity index (χ2n) is 7.60. The molecule has 5 nitrogen and oxygen atoms in total. The third-order valence-corrected chi connectivity index (χ3v) is 5.89. The minimum absolute atomic E-state index is 0.0128. The van der Waals surface area contributed by atoms with Gasteiger partial charge in [0, 0.05) is 6.20 Å². The molecule has 154 valence electrons. The Morgan fingerprint density at radius 3 is 2.33 bits per heavy atom. The predicted molar refractivity (Wildman–Crippen MR) is 113 cm³/mol. The summed E-state index contributed by atoms with van der Waals surface area (Å²) in [5, 5.41) is 0.141. The molecule has 0 saturated carbocycles. The fourth-order valence-electron chi connectivity index (χ4n) is 2.66. The van der Waals surface area contributed by atoms with E-state index in [-0.39, 0.29) is 32.3 Å². The molecule has 1 heterocycles. The second kappa shape index (κ2) is 8.05. The van der Waals surface area contributed by atoms with Gasteiger partial charge >= 0.3 is 0 Å². The summed E-state index contributed by atoms with van der Waals surface area (Å²) in [6, 6.07) is 14.6. The van der Waals surface area contributed by atoms with E-state index in [0.29, 0.717) is 0 Å². The number of benzene rings is 1. The van der Waals surface area contributed by atoms with Gasteiger partial charge in [0.1, 0.15) is 5.69 Å². The molecule has 0 amide bonds. The van der Waals surface area contributed by atoms with Crippen molar-refractivity contribution in [3.8, 4) is 0 Å². The molecular weight excluding hydrogens is 427 g/mol. The molecule has 2 aromatic carbocycles. The number of anilines is 1. The number of pyridine rings is 1. The molecule has 0 bridgehead atoms. The van der Waals surface area contributed by atoms with Crippen molar-refractivity contribution < 1.29 is 17.6 Å². The van der Waals surface area contributed by atoms with Crippen LogP contribution >= 0.6 is 11.6 Å². The maximum atomic E-state index is 13.1. The molecule has 0 saturated heterocycles. The number of nitrogens with zero attached hydrogens (tertiary/aromatic N) is 1. The maximum Gasteiger partial charge on any atom is 0.261 e. The van der Waals surface area contributed by atoms with E-state index in [0.717, 1.165) is 11.6 Å². The Hall–Kier alpha value is -2.95. The normalized spacial score (nSPS) is 11.6. The van der Waals surface area contributed by atoms with Crippen molar-refractivity contribution in [3.05, 3.63) is 88.5 Å². The van der Waals surface area contributed by atoms with E-state index in [1.165, 1.54) is 30.5 Å². The first-order valence-corrected chi connectivity index (χ1v) is 10.8. The van der Waals surface area contributed by atoms with Gasteiger partial charge in [-0.25, -0.2) is 13.4 Å². The van der Waals surface area contributed by atoms with Crippen molar-refractivity contribution in [2.24, 2.45) is 0 Å². The van der Waals surface area contributed by atoms with Crippen molar-refractivity contribution >= 4 is 33.1 Å². The first-order chi connectivity index (χ1) is 14.0. The van der Waals surface area contributed by atoms with Gasteiger partial charge < -0.3 is 0 Å². The largest absolute Gasteiger partial charge is 0.286 e. The summed E-state index contributed by atoms with van der Waals surface area (Å²) >= 11 is 5.96. The van der Waals surface area contributed by atoms with Crippen LogP contribution in [0, 0.1) is 17.9 Å². The molecule has 0 aliphatic rings. The Morgan fingerprint density at radius 1 is 1.10 bits per heavy atom. The van der Waals surface area contributed by atoms with E-state index in [2.05, 4.69) is 21.8 Å². The zero-order valence-corrected chi connectivity index (χ0v) is 18.0. The van der Waals surface area contributed by atoms with E-state index >= 15 is 0 Å². The van der Waals surface area contributed by atoms with Crippen LogP contribution in [0.5, 0.6) is 0 Å². The summed E-state index contributed by atoms with van der Waals surface area (Å²) in [6.45, 7) is 6.07. The zero-order valence-electron chi connectivity index (χ0n) is 16.5. The van der Waals surface area contributed by atoms with E-state index in [4.69, 9.17) is 11.6 Å². The van der Waals surface area contributed by atoms with E-state index in [1.807, 2.05) is 20.8 Å². The number of hydrogen-bond acceptors (Lipinski definition) is 4. The van der Waals surface area contributed by atoms with Gasteiger partial charge in [0.15, 0.2) is 5.82 Å². The lowest BCUT2D eigenvalue weighted by Crippen LogP contribution is -2.17. The van der Waals surface area contributed by atoms with Gasteiger partial charge in [-0.15, -0.1) is 0 Å². The van der Waals surface area contributed by atoms with Crippen LogP contribution in [0.4, 0.5) is 10.1 Å². The number of halogens is 2. The van der Waals surface area contributed by atoms with Gasteiger partial charge in [0.25, 0.3) is 10.0 Å². The average Bonchev–Trinajstić information content (AvgIpc) is 2.67. The molecule has 0 aliphatic carbocycles. The molecule has 0 radical (unpaired) electrons. The number of nitrogens with one attached hydrogen (secondary N) is 1. The Morgan fingerprint density at radius 2 is 1.77 bits per heavy atom. The summed E-state index contributed by atoms with van der Waals surface area (Å²) < 4.78 is 41.2. The highest BCUT2D eigenvalue weighted by molar-refractivity contribution is 7.92. The highest BCUT2D eigenvalue weighted by Crippen LogP contribution is 2.26. The molecule has 0 spiro atoms. The first-order valence-electron chi connectivity index (χ1n) is 8.90. The number of carbonyl (C=O) groups is 1. The quantitative estimate of drug-likeness (QED) is 0.573. The van der Waals surface area contributed by atoms with Crippen molar-refractivity contribution in [3.63, 3.8) is 0 Å². The number of hydrogen-bond donors (Lipinski definition) is 1.